The quantitative estimate of drug-likeness (QED) is 0.839. The molecule has 26 heavy (non-hydrogen) atoms. The molecular weight excluding hydrogens is 332 g/mol. The Bertz CT molecular complexity index is 828. The van der Waals surface area contributed by atoms with Crippen LogP contribution in [-0.2, 0) is 21.6 Å². The number of nitrogens with zero attached hydrogens (tertiary/aromatic N) is 4. The van der Waals surface area contributed by atoms with Crippen molar-refractivity contribution in [2.45, 2.75) is 43.4 Å². The van der Waals surface area contributed by atoms with Gasteiger partial charge >= 0.3 is 0 Å². The molecule has 0 spiro atoms. The van der Waals surface area contributed by atoms with E-state index in [1.807, 2.05) is 33.8 Å². The molecule has 1 aromatic carbocycles. The minimum Gasteiger partial charge on any atom is -0.497 e. The second-order valence-corrected chi connectivity index (χ2v) is 7.44. The molecular formula is C19H22N4O3. The predicted octanol–water partition coefficient (Wildman–Crippen LogP) is 1.69. The highest BCUT2D eigenvalue weighted by atomic mass is 16.5. The Morgan fingerprint density at radius 3 is 2.85 bits per heavy atom. The van der Waals surface area contributed by atoms with Gasteiger partial charge in [0.1, 0.15) is 5.75 Å². The van der Waals surface area contributed by atoms with Crippen LogP contribution in [0.15, 0.2) is 30.5 Å². The maximum Gasteiger partial charge on any atom is 0.233 e. The van der Waals surface area contributed by atoms with Gasteiger partial charge in [0.15, 0.2) is 0 Å². The molecule has 2 aromatic rings. The van der Waals surface area contributed by atoms with E-state index in [0.717, 1.165) is 42.8 Å². The number of likely N-dealkylation sites (tertiary alicyclic amines) is 1. The number of carbonyl (C=O) groups is 1. The molecule has 0 radical (unpaired) electrons. The molecule has 2 aliphatic heterocycles. The lowest BCUT2D eigenvalue weighted by atomic mass is 9.92. The molecule has 2 atom stereocenters. The second-order valence-electron chi connectivity index (χ2n) is 7.44. The number of carbonyl (C=O) groups excluding carboxylic acids is 1. The summed E-state index contributed by atoms with van der Waals surface area (Å²) < 4.78 is 13.2. The summed E-state index contributed by atoms with van der Waals surface area (Å²) in [5.41, 5.74) is 1.75. The molecule has 0 bridgehead atoms. The van der Waals surface area contributed by atoms with Crippen molar-refractivity contribution in [3.63, 3.8) is 0 Å². The first-order valence-electron chi connectivity index (χ1n) is 9.16. The summed E-state index contributed by atoms with van der Waals surface area (Å²) in [7, 11) is 1.65. The second kappa shape index (κ2) is 5.81. The molecule has 0 unspecified atom stereocenters. The number of rotatable bonds is 3. The highest BCUT2D eigenvalue weighted by molar-refractivity contribution is 5.91. The van der Waals surface area contributed by atoms with Crippen molar-refractivity contribution in [2.24, 2.45) is 0 Å². The van der Waals surface area contributed by atoms with Gasteiger partial charge in [-0.15, -0.1) is 5.10 Å². The van der Waals surface area contributed by atoms with Crippen LogP contribution in [0.25, 0.3) is 0 Å². The van der Waals surface area contributed by atoms with Crippen molar-refractivity contribution in [2.75, 3.05) is 20.2 Å². The lowest BCUT2D eigenvalue weighted by molar-refractivity contribution is -0.142. The largest absolute Gasteiger partial charge is 0.497 e. The van der Waals surface area contributed by atoms with Crippen LogP contribution in [0, 0.1) is 0 Å². The van der Waals surface area contributed by atoms with Gasteiger partial charge in [-0.1, -0.05) is 17.3 Å². The normalized spacial score (nSPS) is 26.0. The smallest absolute Gasteiger partial charge is 0.233 e. The van der Waals surface area contributed by atoms with Crippen molar-refractivity contribution in [3.05, 3.63) is 41.7 Å². The maximum absolute atomic E-state index is 13.3. The van der Waals surface area contributed by atoms with E-state index >= 15 is 0 Å². The fourth-order valence-electron chi connectivity index (χ4n) is 4.34. The Balaban J connectivity index is 1.34. The number of aromatic nitrogens is 3. The van der Waals surface area contributed by atoms with Gasteiger partial charge in [-0.25, -0.2) is 4.68 Å². The van der Waals surface area contributed by atoms with Crippen LogP contribution in [0.2, 0.25) is 0 Å². The van der Waals surface area contributed by atoms with E-state index in [2.05, 4.69) is 10.3 Å². The van der Waals surface area contributed by atoms with Crippen molar-refractivity contribution in [1.82, 2.24) is 19.9 Å². The van der Waals surface area contributed by atoms with E-state index in [0.29, 0.717) is 13.2 Å². The molecule has 7 heteroatoms. The SMILES string of the molecule is COc1ccc(C2(C(=O)N3CC[C@H]4[C@H](C3)OCc3cnnn34)CC2)cc1. The number of ether oxygens (including phenoxy) is 2. The molecule has 1 aromatic heterocycles. The first-order chi connectivity index (χ1) is 12.7. The summed E-state index contributed by atoms with van der Waals surface area (Å²) in [6.07, 6.45) is 4.43. The van der Waals surface area contributed by atoms with Crippen LogP contribution in [0.1, 0.15) is 36.6 Å². The third-order valence-corrected chi connectivity index (χ3v) is 6.02. The first-order valence-corrected chi connectivity index (χ1v) is 9.16. The molecule has 3 heterocycles. The van der Waals surface area contributed by atoms with Gasteiger partial charge in [0.05, 0.1) is 43.2 Å². The van der Waals surface area contributed by atoms with E-state index in [1.54, 1.807) is 13.3 Å². The third kappa shape index (κ3) is 2.34. The number of piperidine rings is 1. The Morgan fingerprint density at radius 1 is 1.31 bits per heavy atom. The molecule has 1 saturated carbocycles. The van der Waals surface area contributed by atoms with Gasteiger partial charge in [-0.2, -0.15) is 0 Å². The average Bonchev–Trinajstić information content (AvgIpc) is 3.36. The molecule has 5 rings (SSSR count). The molecule has 7 nitrogen and oxygen atoms in total. The lowest BCUT2D eigenvalue weighted by Crippen LogP contribution is -2.52. The molecule has 0 N–H and O–H groups in total. The van der Waals surface area contributed by atoms with Gasteiger partial charge in [0.2, 0.25) is 5.91 Å². The summed E-state index contributed by atoms with van der Waals surface area (Å²) in [5, 5.41) is 8.20. The number of benzene rings is 1. The summed E-state index contributed by atoms with van der Waals surface area (Å²) in [4.78, 5) is 15.3. The van der Waals surface area contributed by atoms with Crippen LogP contribution in [0.3, 0.4) is 0 Å². The Labute approximate surface area is 151 Å². The van der Waals surface area contributed by atoms with Gasteiger partial charge < -0.3 is 14.4 Å². The van der Waals surface area contributed by atoms with Crippen LogP contribution < -0.4 is 4.74 Å². The minimum atomic E-state index is -0.355. The Morgan fingerprint density at radius 2 is 2.12 bits per heavy atom. The molecule has 136 valence electrons. The zero-order valence-electron chi connectivity index (χ0n) is 14.8. The summed E-state index contributed by atoms with van der Waals surface area (Å²) in [6.45, 7) is 1.88. The van der Waals surface area contributed by atoms with Crippen molar-refractivity contribution in [3.8, 4) is 5.75 Å². The standard InChI is InChI=1S/C19H22N4O3/c1-25-15-4-2-13(3-5-15)19(7-8-19)18(24)22-9-6-16-17(11-22)26-12-14-10-20-21-23(14)16/h2-5,10,16-17H,6-9,11-12H2,1H3/t16-,17-/m0/s1. The number of methoxy groups -OCH3 is 1. The molecule has 1 aliphatic carbocycles. The number of hydrogen-bond donors (Lipinski definition) is 0. The molecule has 3 aliphatic rings. The molecule has 1 amide bonds. The first kappa shape index (κ1) is 15.8. The van der Waals surface area contributed by atoms with E-state index in [4.69, 9.17) is 9.47 Å². The van der Waals surface area contributed by atoms with Crippen molar-refractivity contribution < 1.29 is 14.3 Å². The van der Waals surface area contributed by atoms with Gasteiger partial charge in [-0.3, -0.25) is 4.79 Å². The fourth-order valence-corrected chi connectivity index (χ4v) is 4.34. The van der Waals surface area contributed by atoms with E-state index < -0.39 is 0 Å². The Kier molecular flexibility index (Phi) is 3.53. The number of amides is 1. The monoisotopic (exact) mass is 354 g/mol. The summed E-state index contributed by atoms with van der Waals surface area (Å²) >= 11 is 0. The van der Waals surface area contributed by atoms with Crippen LogP contribution in [0.4, 0.5) is 0 Å². The Hall–Kier alpha value is -2.41. The van der Waals surface area contributed by atoms with E-state index in [1.165, 1.54) is 0 Å². The van der Waals surface area contributed by atoms with Crippen LogP contribution in [-0.4, -0.2) is 52.1 Å². The summed E-state index contributed by atoms with van der Waals surface area (Å²) in [5.74, 6) is 1.05. The number of fused-ring (bicyclic) bond motifs is 3. The highest BCUT2D eigenvalue weighted by Gasteiger charge is 2.54. The topological polar surface area (TPSA) is 69.5 Å². The van der Waals surface area contributed by atoms with Crippen molar-refractivity contribution >= 4 is 5.91 Å². The van der Waals surface area contributed by atoms with Crippen LogP contribution in [0.5, 0.6) is 5.75 Å². The minimum absolute atomic E-state index is 0.00596. The zero-order chi connectivity index (χ0) is 17.7. The third-order valence-electron chi connectivity index (χ3n) is 6.02. The van der Waals surface area contributed by atoms with Gasteiger partial charge in [0.25, 0.3) is 0 Å². The fraction of sp³-hybridized carbons (Fsp3) is 0.526. The van der Waals surface area contributed by atoms with Gasteiger partial charge in [-0.05, 0) is 37.0 Å². The lowest BCUT2D eigenvalue weighted by Gasteiger charge is -2.42. The maximum atomic E-state index is 13.3. The number of hydrogen-bond acceptors (Lipinski definition) is 5. The zero-order valence-corrected chi connectivity index (χ0v) is 14.8. The van der Waals surface area contributed by atoms with Crippen molar-refractivity contribution in [1.29, 1.82) is 0 Å². The average molecular weight is 354 g/mol. The van der Waals surface area contributed by atoms with Gasteiger partial charge in [0, 0.05) is 13.1 Å². The summed E-state index contributed by atoms with van der Waals surface area (Å²) in [6, 6.07) is 8.10. The predicted molar refractivity (Wildman–Crippen MR) is 92.7 cm³/mol. The van der Waals surface area contributed by atoms with E-state index in [-0.39, 0.29) is 23.5 Å². The van der Waals surface area contributed by atoms with Crippen LogP contribution >= 0.6 is 0 Å². The molecule has 1 saturated heterocycles. The highest BCUT2D eigenvalue weighted by Crippen LogP contribution is 2.50. The van der Waals surface area contributed by atoms with E-state index in [9.17, 15) is 4.79 Å². The molecule has 2 fully saturated rings.